The molecule has 2 heterocycles. The number of fused-ring (bicyclic) bond motifs is 1. The molecule has 0 saturated carbocycles. The number of benzene rings is 1. The minimum Gasteiger partial charge on any atom is -0.312 e. The highest BCUT2D eigenvalue weighted by Gasteiger charge is 2.45. The first-order valence-corrected chi connectivity index (χ1v) is 6.65. The Morgan fingerprint density at radius 1 is 1.25 bits per heavy atom. The number of ketones is 1. The van der Waals surface area contributed by atoms with E-state index in [0.717, 1.165) is 16.8 Å². The second-order valence-corrected chi connectivity index (χ2v) is 5.31. The van der Waals surface area contributed by atoms with E-state index in [1.54, 1.807) is 21.9 Å². The monoisotopic (exact) mass is 269 g/mol. The molecule has 0 N–H and O–H groups in total. The Bertz CT molecular complexity index is 660. The molecular formula is C15H15N3O2. The second-order valence-electron chi connectivity index (χ2n) is 5.31. The Labute approximate surface area is 117 Å². The molecule has 0 bridgehead atoms. The van der Waals surface area contributed by atoms with Gasteiger partial charge in [-0.25, -0.2) is 4.79 Å². The van der Waals surface area contributed by atoms with Crippen LogP contribution in [0.5, 0.6) is 0 Å². The molecule has 2 fully saturated rings. The van der Waals surface area contributed by atoms with Crippen LogP contribution in [0.3, 0.4) is 0 Å². The van der Waals surface area contributed by atoms with Crippen molar-refractivity contribution in [3.8, 4) is 6.07 Å². The predicted octanol–water partition coefficient (Wildman–Crippen LogP) is 1.76. The molecular weight excluding hydrogens is 254 g/mol. The molecule has 0 radical (unpaired) electrons. The molecule has 5 heteroatoms. The summed E-state index contributed by atoms with van der Waals surface area (Å²) >= 11 is 0. The van der Waals surface area contributed by atoms with Crippen molar-refractivity contribution in [2.75, 3.05) is 18.0 Å². The van der Waals surface area contributed by atoms with Gasteiger partial charge >= 0.3 is 6.03 Å². The number of nitriles is 1. The van der Waals surface area contributed by atoms with Crippen molar-refractivity contribution in [2.45, 2.75) is 26.3 Å². The number of urea groups is 1. The first-order valence-electron chi connectivity index (χ1n) is 6.65. The summed E-state index contributed by atoms with van der Waals surface area (Å²) in [5, 5.41) is 9.03. The highest BCUT2D eigenvalue weighted by molar-refractivity contribution is 6.03. The molecule has 0 aliphatic carbocycles. The van der Waals surface area contributed by atoms with Gasteiger partial charge in [-0.15, -0.1) is 0 Å². The Balaban J connectivity index is 2.00. The average molecular weight is 269 g/mol. The van der Waals surface area contributed by atoms with Crippen molar-refractivity contribution >= 4 is 17.5 Å². The number of nitrogens with zero attached hydrogens (tertiary/aromatic N) is 3. The molecule has 102 valence electrons. The molecule has 0 spiro atoms. The number of amides is 2. The van der Waals surface area contributed by atoms with E-state index in [9.17, 15) is 9.59 Å². The van der Waals surface area contributed by atoms with Crippen LogP contribution in [0.25, 0.3) is 0 Å². The quantitative estimate of drug-likeness (QED) is 0.780. The van der Waals surface area contributed by atoms with Gasteiger partial charge < -0.3 is 4.90 Å². The van der Waals surface area contributed by atoms with E-state index in [1.165, 1.54) is 0 Å². The zero-order valence-electron chi connectivity index (χ0n) is 11.5. The third kappa shape index (κ3) is 1.61. The minimum atomic E-state index is -0.294. The SMILES string of the molecule is Cc1c(C#N)ccc(N2CC3C(=O)CCN3C2=O)c1C. The minimum absolute atomic E-state index is 0.104. The standard InChI is InChI=1S/C15H15N3O2/c1-9-10(2)12(4-3-11(9)7-16)18-8-13-14(19)5-6-17(13)15(18)20/h3-4,13H,5-6,8H2,1-2H3. The van der Waals surface area contributed by atoms with Crippen LogP contribution in [-0.4, -0.2) is 35.8 Å². The van der Waals surface area contributed by atoms with Gasteiger partial charge in [0.1, 0.15) is 6.04 Å². The van der Waals surface area contributed by atoms with E-state index in [0.29, 0.717) is 25.1 Å². The molecule has 1 unspecified atom stereocenters. The van der Waals surface area contributed by atoms with Gasteiger partial charge in [-0.2, -0.15) is 5.26 Å². The predicted molar refractivity (Wildman–Crippen MR) is 73.5 cm³/mol. The first kappa shape index (κ1) is 12.7. The maximum atomic E-state index is 12.4. The van der Waals surface area contributed by atoms with Crippen LogP contribution in [0.1, 0.15) is 23.1 Å². The molecule has 1 aromatic rings. The number of anilines is 1. The van der Waals surface area contributed by atoms with Gasteiger partial charge in [-0.05, 0) is 37.1 Å². The number of rotatable bonds is 1. The molecule has 20 heavy (non-hydrogen) atoms. The Kier molecular flexibility index (Phi) is 2.75. The van der Waals surface area contributed by atoms with Crippen LogP contribution < -0.4 is 4.90 Å². The number of hydrogen-bond donors (Lipinski definition) is 0. The largest absolute Gasteiger partial charge is 0.325 e. The van der Waals surface area contributed by atoms with Crippen molar-refractivity contribution < 1.29 is 9.59 Å². The Morgan fingerprint density at radius 2 is 2.00 bits per heavy atom. The van der Waals surface area contributed by atoms with Crippen molar-refractivity contribution in [2.24, 2.45) is 0 Å². The lowest BCUT2D eigenvalue weighted by Crippen LogP contribution is -2.32. The summed E-state index contributed by atoms with van der Waals surface area (Å²) < 4.78 is 0. The normalized spacial score (nSPS) is 21.4. The Hall–Kier alpha value is -2.35. The van der Waals surface area contributed by atoms with E-state index in [4.69, 9.17) is 5.26 Å². The zero-order chi connectivity index (χ0) is 14.4. The van der Waals surface area contributed by atoms with Crippen LogP contribution in [0.15, 0.2) is 12.1 Å². The molecule has 2 aliphatic heterocycles. The maximum absolute atomic E-state index is 12.4. The third-order valence-corrected chi connectivity index (χ3v) is 4.35. The Morgan fingerprint density at radius 3 is 2.65 bits per heavy atom. The van der Waals surface area contributed by atoms with Gasteiger partial charge in [0.25, 0.3) is 0 Å². The number of carbonyl (C=O) groups is 2. The van der Waals surface area contributed by atoms with E-state index >= 15 is 0 Å². The summed E-state index contributed by atoms with van der Waals surface area (Å²) in [5.41, 5.74) is 3.23. The van der Waals surface area contributed by atoms with E-state index in [2.05, 4.69) is 6.07 Å². The molecule has 0 aromatic heterocycles. The number of carbonyl (C=O) groups excluding carboxylic acids is 2. The van der Waals surface area contributed by atoms with Crippen molar-refractivity contribution in [3.63, 3.8) is 0 Å². The average Bonchev–Trinajstić information content (AvgIpc) is 2.95. The van der Waals surface area contributed by atoms with Crippen LogP contribution in [0.2, 0.25) is 0 Å². The maximum Gasteiger partial charge on any atom is 0.325 e. The van der Waals surface area contributed by atoms with Gasteiger partial charge in [0.2, 0.25) is 0 Å². The summed E-state index contributed by atoms with van der Waals surface area (Å²) in [6.45, 7) is 4.73. The summed E-state index contributed by atoms with van der Waals surface area (Å²) in [7, 11) is 0. The van der Waals surface area contributed by atoms with Crippen LogP contribution in [0.4, 0.5) is 10.5 Å². The highest BCUT2D eigenvalue weighted by Crippen LogP contribution is 2.32. The number of hydrogen-bond acceptors (Lipinski definition) is 3. The van der Waals surface area contributed by atoms with Gasteiger partial charge in [-0.3, -0.25) is 9.69 Å². The molecule has 1 atom stereocenters. The lowest BCUT2D eigenvalue weighted by atomic mass is 10.0. The molecule has 2 saturated heterocycles. The molecule has 2 amide bonds. The number of Topliss-reactive ketones (excluding diaryl/α,β-unsaturated/α-hetero) is 1. The van der Waals surface area contributed by atoms with Gasteiger partial charge in [0.15, 0.2) is 5.78 Å². The van der Waals surface area contributed by atoms with Gasteiger partial charge in [0.05, 0.1) is 18.2 Å². The summed E-state index contributed by atoms with van der Waals surface area (Å²) in [6.07, 6.45) is 0.468. The molecule has 2 aliphatic rings. The lowest BCUT2D eigenvalue weighted by Gasteiger charge is -2.20. The molecule has 5 nitrogen and oxygen atoms in total. The topological polar surface area (TPSA) is 64.4 Å². The summed E-state index contributed by atoms with van der Waals surface area (Å²) in [4.78, 5) is 27.5. The highest BCUT2D eigenvalue weighted by atomic mass is 16.2. The van der Waals surface area contributed by atoms with Crippen LogP contribution in [0, 0.1) is 25.2 Å². The fourth-order valence-corrected chi connectivity index (χ4v) is 2.98. The first-order chi connectivity index (χ1) is 9.54. The van der Waals surface area contributed by atoms with Crippen LogP contribution >= 0.6 is 0 Å². The molecule has 3 rings (SSSR count). The zero-order valence-corrected chi connectivity index (χ0v) is 11.5. The summed E-state index contributed by atoms with van der Waals surface area (Å²) in [6, 6.07) is 5.28. The van der Waals surface area contributed by atoms with E-state index in [1.807, 2.05) is 13.8 Å². The van der Waals surface area contributed by atoms with E-state index < -0.39 is 0 Å². The fourth-order valence-electron chi connectivity index (χ4n) is 2.98. The molecule has 1 aromatic carbocycles. The van der Waals surface area contributed by atoms with Crippen LogP contribution in [-0.2, 0) is 4.79 Å². The van der Waals surface area contributed by atoms with E-state index in [-0.39, 0.29) is 17.9 Å². The van der Waals surface area contributed by atoms with Gasteiger partial charge in [0, 0.05) is 18.7 Å². The van der Waals surface area contributed by atoms with Gasteiger partial charge in [-0.1, -0.05) is 0 Å². The smallest absolute Gasteiger partial charge is 0.312 e. The van der Waals surface area contributed by atoms with Crippen molar-refractivity contribution in [1.82, 2.24) is 4.90 Å². The lowest BCUT2D eigenvalue weighted by molar-refractivity contribution is -0.119. The summed E-state index contributed by atoms with van der Waals surface area (Å²) in [5.74, 6) is 0.142. The third-order valence-electron chi connectivity index (χ3n) is 4.35. The van der Waals surface area contributed by atoms with Crippen molar-refractivity contribution in [3.05, 3.63) is 28.8 Å². The second kappa shape index (κ2) is 4.34. The fraction of sp³-hybridized carbons (Fsp3) is 0.400. The van der Waals surface area contributed by atoms with Crippen molar-refractivity contribution in [1.29, 1.82) is 5.26 Å².